The van der Waals surface area contributed by atoms with E-state index < -0.39 is 10.0 Å². The molecule has 1 heterocycles. The van der Waals surface area contributed by atoms with Crippen molar-refractivity contribution in [3.8, 4) is 0 Å². The monoisotopic (exact) mass is 306 g/mol. The number of hydrogen-bond donors (Lipinski definition) is 1. The third kappa shape index (κ3) is 3.54. The molecule has 4 nitrogen and oxygen atoms in total. The Morgan fingerprint density at radius 2 is 1.62 bits per heavy atom. The Bertz CT molecular complexity index is 726. The molecule has 21 heavy (non-hydrogen) atoms. The molecule has 2 aromatic rings. The van der Waals surface area contributed by atoms with Crippen molar-refractivity contribution in [3.63, 3.8) is 0 Å². The minimum absolute atomic E-state index is 0.356. The van der Waals surface area contributed by atoms with E-state index in [4.69, 9.17) is 0 Å². The van der Waals surface area contributed by atoms with Gasteiger partial charge in [0.05, 0.1) is 4.90 Å². The maximum absolute atomic E-state index is 12.3. The summed E-state index contributed by atoms with van der Waals surface area (Å²) in [5.74, 6) is 0. The first-order chi connectivity index (χ1) is 9.81. The SMILES string of the molecule is Cc1ccc(S(=O)(=O)NCCn2c(C)ccc2C)c(C)c1. The van der Waals surface area contributed by atoms with Gasteiger partial charge in [-0.05, 0) is 51.5 Å². The van der Waals surface area contributed by atoms with Gasteiger partial charge in [0, 0.05) is 24.5 Å². The normalized spacial score (nSPS) is 11.8. The summed E-state index contributed by atoms with van der Waals surface area (Å²) in [7, 11) is -3.45. The fourth-order valence-corrected chi connectivity index (χ4v) is 3.77. The zero-order valence-electron chi connectivity index (χ0n) is 13.0. The highest BCUT2D eigenvalue weighted by atomic mass is 32.2. The van der Waals surface area contributed by atoms with E-state index in [1.807, 2.05) is 52.0 Å². The molecule has 0 spiro atoms. The van der Waals surface area contributed by atoms with Crippen LogP contribution in [0.2, 0.25) is 0 Å². The Kier molecular flexibility index (Phi) is 4.54. The molecule has 0 aliphatic carbocycles. The largest absolute Gasteiger partial charge is 0.348 e. The summed E-state index contributed by atoms with van der Waals surface area (Å²) in [6.07, 6.45) is 0. The Hall–Kier alpha value is -1.59. The summed E-state index contributed by atoms with van der Waals surface area (Å²) in [6.45, 7) is 8.83. The number of sulfonamides is 1. The topological polar surface area (TPSA) is 51.1 Å². The minimum Gasteiger partial charge on any atom is -0.348 e. The van der Waals surface area contributed by atoms with Crippen molar-refractivity contribution in [2.75, 3.05) is 6.54 Å². The zero-order valence-corrected chi connectivity index (χ0v) is 13.8. The van der Waals surface area contributed by atoms with Crippen molar-refractivity contribution >= 4 is 10.0 Å². The van der Waals surface area contributed by atoms with Crippen LogP contribution in [-0.2, 0) is 16.6 Å². The molecule has 2 rings (SSSR count). The van der Waals surface area contributed by atoms with Gasteiger partial charge in [-0.25, -0.2) is 13.1 Å². The molecule has 0 radical (unpaired) electrons. The lowest BCUT2D eigenvalue weighted by atomic mass is 10.2. The van der Waals surface area contributed by atoms with E-state index in [1.165, 1.54) is 0 Å². The average Bonchev–Trinajstić information content (AvgIpc) is 2.69. The lowest BCUT2D eigenvalue weighted by Gasteiger charge is -2.12. The first kappa shape index (κ1) is 15.8. The third-order valence-corrected chi connectivity index (χ3v) is 5.29. The van der Waals surface area contributed by atoms with Gasteiger partial charge in [0.15, 0.2) is 0 Å². The van der Waals surface area contributed by atoms with Crippen molar-refractivity contribution in [1.82, 2.24) is 9.29 Å². The van der Waals surface area contributed by atoms with E-state index in [-0.39, 0.29) is 0 Å². The predicted octanol–water partition coefficient (Wildman–Crippen LogP) is 2.70. The highest BCUT2D eigenvalue weighted by Crippen LogP contribution is 2.16. The number of nitrogens with one attached hydrogen (secondary N) is 1. The van der Waals surface area contributed by atoms with Crippen molar-refractivity contribution in [2.24, 2.45) is 0 Å². The van der Waals surface area contributed by atoms with Crippen molar-refractivity contribution in [1.29, 1.82) is 0 Å². The Labute approximate surface area is 126 Å². The fraction of sp³-hybridized carbons (Fsp3) is 0.375. The van der Waals surface area contributed by atoms with Crippen LogP contribution in [0.3, 0.4) is 0 Å². The Morgan fingerprint density at radius 3 is 2.19 bits per heavy atom. The van der Waals surface area contributed by atoms with Gasteiger partial charge in [0.1, 0.15) is 0 Å². The van der Waals surface area contributed by atoms with Crippen LogP contribution in [0, 0.1) is 27.7 Å². The first-order valence-corrected chi connectivity index (χ1v) is 8.49. The molecule has 0 fully saturated rings. The smallest absolute Gasteiger partial charge is 0.240 e. The first-order valence-electron chi connectivity index (χ1n) is 7.01. The molecular formula is C16H22N2O2S. The highest BCUT2D eigenvalue weighted by molar-refractivity contribution is 7.89. The zero-order chi connectivity index (χ0) is 15.6. The van der Waals surface area contributed by atoms with Crippen LogP contribution in [0.1, 0.15) is 22.5 Å². The van der Waals surface area contributed by atoms with Crippen molar-refractivity contribution in [2.45, 2.75) is 39.1 Å². The molecule has 0 bridgehead atoms. The van der Waals surface area contributed by atoms with Crippen LogP contribution in [0.25, 0.3) is 0 Å². The molecule has 0 unspecified atom stereocenters. The minimum atomic E-state index is -3.45. The van der Waals surface area contributed by atoms with Crippen LogP contribution < -0.4 is 4.72 Å². The maximum Gasteiger partial charge on any atom is 0.240 e. The summed E-state index contributed by atoms with van der Waals surface area (Å²) in [4.78, 5) is 0.356. The van der Waals surface area contributed by atoms with Crippen molar-refractivity contribution in [3.05, 3.63) is 52.8 Å². The fourth-order valence-electron chi connectivity index (χ4n) is 2.52. The average molecular weight is 306 g/mol. The quantitative estimate of drug-likeness (QED) is 0.923. The van der Waals surface area contributed by atoms with E-state index in [1.54, 1.807) is 6.07 Å². The molecule has 114 valence electrons. The molecule has 0 atom stereocenters. The highest BCUT2D eigenvalue weighted by Gasteiger charge is 2.16. The maximum atomic E-state index is 12.3. The second kappa shape index (κ2) is 6.03. The second-order valence-corrected chi connectivity index (χ2v) is 7.17. The number of hydrogen-bond acceptors (Lipinski definition) is 2. The molecule has 5 heteroatoms. The summed E-state index contributed by atoms with van der Waals surface area (Å²) in [5.41, 5.74) is 4.11. The number of aryl methyl sites for hydroxylation is 4. The van der Waals surface area contributed by atoms with E-state index in [0.717, 1.165) is 22.5 Å². The van der Waals surface area contributed by atoms with Crippen molar-refractivity contribution < 1.29 is 8.42 Å². The van der Waals surface area contributed by atoms with Gasteiger partial charge in [-0.2, -0.15) is 0 Å². The van der Waals surface area contributed by atoms with E-state index >= 15 is 0 Å². The van der Waals surface area contributed by atoms with E-state index in [2.05, 4.69) is 9.29 Å². The summed E-state index contributed by atoms with van der Waals surface area (Å²) >= 11 is 0. The van der Waals surface area contributed by atoms with Crippen LogP contribution >= 0.6 is 0 Å². The molecule has 0 saturated heterocycles. The number of benzene rings is 1. The molecule has 0 saturated carbocycles. The van der Waals surface area contributed by atoms with Gasteiger partial charge in [-0.15, -0.1) is 0 Å². The standard InChI is InChI=1S/C16H22N2O2S/c1-12-5-8-16(13(2)11-12)21(19,20)17-9-10-18-14(3)6-7-15(18)4/h5-8,11,17H,9-10H2,1-4H3. The van der Waals surface area contributed by atoms with Crippen LogP contribution in [0.4, 0.5) is 0 Å². The van der Waals surface area contributed by atoms with Gasteiger partial charge in [-0.1, -0.05) is 17.7 Å². The number of rotatable bonds is 5. The summed E-state index contributed by atoms with van der Waals surface area (Å²) in [6, 6.07) is 9.44. The Morgan fingerprint density at radius 1 is 1.00 bits per heavy atom. The lowest BCUT2D eigenvalue weighted by molar-refractivity contribution is 0.569. The van der Waals surface area contributed by atoms with Crippen LogP contribution in [0.15, 0.2) is 35.2 Å². The number of aromatic nitrogens is 1. The lowest BCUT2D eigenvalue weighted by Crippen LogP contribution is -2.28. The summed E-state index contributed by atoms with van der Waals surface area (Å²) in [5, 5.41) is 0. The third-order valence-electron chi connectivity index (χ3n) is 3.66. The molecular weight excluding hydrogens is 284 g/mol. The second-order valence-electron chi connectivity index (χ2n) is 5.43. The van der Waals surface area contributed by atoms with Gasteiger partial charge in [0.25, 0.3) is 0 Å². The molecule has 1 N–H and O–H groups in total. The molecule has 0 aliphatic rings. The van der Waals surface area contributed by atoms with Crippen LogP contribution in [0.5, 0.6) is 0 Å². The summed E-state index contributed by atoms with van der Waals surface area (Å²) < 4.78 is 29.5. The van der Waals surface area contributed by atoms with E-state index in [0.29, 0.717) is 18.0 Å². The predicted molar refractivity (Wildman–Crippen MR) is 85.0 cm³/mol. The Balaban J connectivity index is 2.08. The van der Waals surface area contributed by atoms with Gasteiger partial charge in [0.2, 0.25) is 10.0 Å². The van der Waals surface area contributed by atoms with Gasteiger partial charge >= 0.3 is 0 Å². The van der Waals surface area contributed by atoms with Crippen LogP contribution in [-0.4, -0.2) is 19.5 Å². The molecule has 0 aliphatic heterocycles. The molecule has 0 amide bonds. The number of nitrogens with zero attached hydrogens (tertiary/aromatic N) is 1. The molecule has 1 aromatic heterocycles. The van der Waals surface area contributed by atoms with E-state index in [9.17, 15) is 8.42 Å². The molecule has 1 aromatic carbocycles. The van der Waals surface area contributed by atoms with Gasteiger partial charge < -0.3 is 4.57 Å². The van der Waals surface area contributed by atoms with Gasteiger partial charge in [-0.3, -0.25) is 0 Å².